The van der Waals surface area contributed by atoms with E-state index in [-0.39, 0.29) is 13.4 Å². The zero-order chi connectivity index (χ0) is 24.2. The van der Waals surface area contributed by atoms with Crippen molar-refractivity contribution < 1.29 is 33.5 Å². The van der Waals surface area contributed by atoms with Crippen LogP contribution in [0.2, 0.25) is 0 Å². The summed E-state index contributed by atoms with van der Waals surface area (Å²) in [7, 11) is 1.59. The Hall–Kier alpha value is -3.14. The Balaban J connectivity index is 1.20. The molecule has 184 valence electrons. The molecular weight excluding hydrogens is 518 g/mol. The fourth-order valence-electron chi connectivity index (χ4n) is 3.94. The number of aliphatic hydroxyl groups excluding tert-OH is 1. The Bertz CT molecular complexity index is 1200. The zero-order valence-corrected chi connectivity index (χ0v) is 20.8. The molecule has 0 fully saturated rings. The van der Waals surface area contributed by atoms with Crippen LogP contribution in [0.15, 0.2) is 53.0 Å². The lowest BCUT2D eigenvalue weighted by atomic mass is 10.1. The lowest BCUT2D eigenvalue weighted by molar-refractivity contribution is 0.105. The van der Waals surface area contributed by atoms with Crippen LogP contribution in [0.25, 0.3) is 0 Å². The van der Waals surface area contributed by atoms with E-state index >= 15 is 0 Å². The van der Waals surface area contributed by atoms with E-state index < -0.39 is 6.10 Å². The average molecular weight is 544 g/mol. The third-order valence-corrected chi connectivity index (χ3v) is 6.31. The molecule has 0 radical (unpaired) electrons. The Morgan fingerprint density at radius 2 is 1.60 bits per heavy atom. The first kappa shape index (κ1) is 23.6. The predicted octanol–water partition coefficient (Wildman–Crippen LogP) is 4.36. The van der Waals surface area contributed by atoms with Crippen LogP contribution in [-0.4, -0.2) is 38.8 Å². The molecule has 0 saturated carbocycles. The van der Waals surface area contributed by atoms with E-state index in [0.29, 0.717) is 54.9 Å². The molecular formula is C26H26BrNO7. The van der Waals surface area contributed by atoms with Gasteiger partial charge in [-0.2, -0.15) is 0 Å². The molecule has 2 aliphatic heterocycles. The zero-order valence-electron chi connectivity index (χ0n) is 19.2. The lowest BCUT2D eigenvalue weighted by Crippen LogP contribution is -2.16. The Morgan fingerprint density at radius 3 is 2.46 bits per heavy atom. The third kappa shape index (κ3) is 5.42. The number of benzene rings is 3. The van der Waals surface area contributed by atoms with Crippen molar-refractivity contribution >= 4 is 15.9 Å². The van der Waals surface area contributed by atoms with E-state index in [2.05, 4.69) is 21.2 Å². The third-order valence-electron chi connectivity index (χ3n) is 5.72. The van der Waals surface area contributed by atoms with Crippen LogP contribution >= 0.6 is 15.9 Å². The van der Waals surface area contributed by atoms with Crippen LogP contribution in [0, 0.1) is 0 Å². The lowest BCUT2D eigenvalue weighted by Gasteiger charge is -2.21. The van der Waals surface area contributed by atoms with Gasteiger partial charge in [0.25, 0.3) is 0 Å². The van der Waals surface area contributed by atoms with Gasteiger partial charge in [-0.05, 0) is 69.0 Å². The number of hydrogen-bond donors (Lipinski definition) is 2. The highest BCUT2D eigenvalue weighted by atomic mass is 79.9. The maximum Gasteiger partial charge on any atom is 0.231 e. The van der Waals surface area contributed by atoms with E-state index in [1.165, 1.54) is 0 Å². The first-order chi connectivity index (χ1) is 17.1. The second-order valence-electron chi connectivity index (χ2n) is 8.13. The van der Waals surface area contributed by atoms with Crippen molar-refractivity contribution in [1.29, 1.82) is 0 Å². The first-order valence-corrected chi connectivity index (χ1v) is 12.1. The summed E-state index contributed by atoms with van der Waals surface area (Å²) in [5, 5.41) is 14.1. The van der Waals surface area contributed by atoms with Crippen LogP contribution in [0.4, 0.5) is 0 Å². The van der Waals surface area contributed by atoms with Crippen molar-refractivity contribution in [3.63, 3.8) is 0 Å². The number of aliphatic hydroxyl groups is 1. The largest absolute Gasteiger partial charge is 0.493 e. The minimum Gasteiger partial charge on any atom is -0.493 e. The molecule has 2 aliphatic rings. The van der Waals surface area contributed by atoms with Gasteiger partial charge in [0, 0.05) is 13.1 Å². The molecule has 3 aromatic rings. The molecule has 8 nitrogen and oxygen atoms in total. The van der Waals surface area contributed by atoms with Crippen molar-refractivity contribution in [2.75, 3.05) is 33.7 Å². The van der Waals surface area contributed by atoms with E-state index in [4.69, 9.17) is 28.4 Å². The van der Waals surface area contributed by atoms with Crippen LogP contribution in [0.3, 0.4) is 0 Å². The fourth-order valence-corrected chi connectivity index (χ4v) is 4.55. The summed E-state index contributed by atoms with van der Waals surface area (Å²) in [4.78, 5) is 0. The van der Waals surface area contributed by atoms with Crippen LogP contribution in [-0.2, 0) is 13.1 Å². The van der Waals surface area contributed by atoms with Gasteiger partial charge in [-0.1, -0.05) is 12.1 Å². The smallest absolute Gasteiger partial charge is 0.231 e. The molecule has 1 atom stereocenters. The quantitative estimate of drug-likeness (QED) is 0.411. The SMILES string of the molecule is COc1cc(CNCc2ccc3c(c2)OCO3)cc(Br)c1OCC(O)c1ccc2c(c1)OCCO2. The highest BCUT2D eigenvalue weighted by molar-refractivity contribution is 9.10. The number of rotatable bonds is 9. The van der Waals surface area contributed by atoms with Gasteiger partial charge in [0.2, 0.25) is 6.79 Å². The van der Waals surface area contributed by atoms with Gasteiger partial charge >= 0.3 is 0 Å². The highest BCUT2D eigenvalue weighted by Gasteiger charge is 2.18. The molecule has 0 bridgehead atoms. The van der Waals surface area contributed by atoms with Gasteiger partial charge in [0.1, 0.15) is 25.9 Å². The number of fused-ring (bicyclic) bond motifs is 2. The number of halogens is 1. The van der Waals surface area contributed by atoms with Gasteiger partial charge in [-0.15, -0.1) is 0 Å². The molecule has 0 amide bonds. The number of hydrogen-bond acceptors (Lipinski definition) is 8. The van der Waals surface area contributed by atoms with Crippen LogP contribution < -0.4 is 33.7 Å². The topological polar surface area (TPSA) is 87.6 Å². The number of ether oxygens (including phenoxy) is 6. The van der Waals surface area contributed by atoms with Gasteiger partial charge < -0.3 is 38.8 Å². The molecule has 9 heteroatoms. The normalized spacial score (nSPS) is 14.5. The summed E-state index contributed by atoms with van der Waals surface area (Å²) in [6, 6.07) is 15.2. The Kier molecular flexibility index (Phi) is 7.17. The van der Waals surface area contributed by atoms with Gasteiger partial charge in [-0.3, -0.25) is 0 Å². The maximum atomic E-state index is 10.7. The summed E-state index contributed by atoms with van der Waals surface area (Å²) in [6.45, 7) is 2.64. The van der Waals surface area contributed by atoms with Crippen LogP contribution in [0.5, 0.6) is 34.5 Å². The molecule has 0 saturated heterocycles. The number of nitrogens with one attached hydrogen (secondary N) is 1. The molecule has 1 unspecified atom stereocenters. The molecule has 2 N–H and O–H groups in total. The van der Waals surface area contributed by atoms with E-state index in [0.717, 1.165) is 27.1 Å². The van der Waals surface area contributed by atoms with Crippen molar-refractivity contribution in [3.8, 4) is 34.5 Å². The Labute approximate surface area is 211 Å². The monoisotopic (exact) mass is 543 g/mol. The Morgan fingerprint density at radius 1 is 0.886 bits per heavy atom. The minimum atomic E-state index is -0.842. The molecule has 0 aromatic heterocycles. The minimum absolute atomic E-state index is 0.0519. The fraction of sp³-hybridized carbons (Fsp3) is 0.308. The second-order valence-corrected chi connectivity index (χ2v) is 8.98. The first-order valence-electron chi connectivity index (χ1n) is 11.3. The summed E-state index contributed by atoms with van der Waals surface area (Å²) >= 11 is 3.58. The predicted molar refractivity (Wildman–Crippen MR) is 132 cm³/mol. The van der Waals surface area contributed by atoms with Crippen molar-refractivity contribution in [3.05, 3.63) is 69.7 Å². The molecule has 3 aromatic carbocycles. The van der Waals surface area contributed by atoms with Crippen molar-refractivity contribution in [2.24, 2.45) is 0 Å². The highest BCUT2D eigenvalue weighted by Crippen LogP contribution is 2.38. The molecule has 35 heavy (non-hydrogen) atoms. The summed E-state index contributed by atoms with van der Waals surface area (Å²) < 4.78 is 34.2. The molecule has 0 aliphatic carbocycles. The van der Waals surface area contributed by atoms with Crippen LogP contribution in [0.1, 0.15) is 22.8 Å². The van der Waals surface area contributed by atoms with E-state index in [1.54, 1.807) is 19.2 Å². The van der Waals surface area contributed by atoms with E-state index in [1.807, 2.05) is 36.4 Å². The van der Waals surface area contributed by atoms with E-state index in [9.17, 15) is 5.11 Å². The van der Waals surface area contributed by atoms with Gasteiger partial charge in [-0.25, -0.2) is 0 Å². The number of methoxy groups -OCH3 is 1. The summed E-state index contributed by atoms with van der Waals surface area (Å²) in [5.74, 6) is 3.97. The summed E-state index contributed by atoms with van der Waals surface area (Å²) in [5.41, 5.74) is 2.82. The standard InChI is InChI=1S/C26H26BrNO7/c1-30-25-10-17(13-28-12-16-2-4-22-23(9-16)35-15-34-22)8-19(27)26(25)33-14-20(29)18-3-5-21-24(11-18)32-7-6-31-21/h2-5,8-11,20,28-29H,6-7,12-15H2,1H3. The van der Waals surface area contributed by atoms with Crippen molar-refractivity contribution in [2.45, 2.75) is 19.2 Å². The van der Waals surface area contributed by atoms with Crippen molar-refractivity contribution in [1.82, 2.24) is 5.32 Å². The molecule has 5 rings (SSSR count). The second kappa shape index (κ2) is 10.6. The molecule has 2 heterocycles. The van der Waals surface area contributed by atoms with Gasteiger partial charge in [0.15, 0.2) is 34.5 Å². The molecule has 0 spiro atoms. The van der Waals surface area contributed by atoms with Gasteiger partial charge in [0.05, 0.1) is 11.6 Å². The maximum absolute atomic E-state index is 10.7. The average Bonchev–Trinajstić information content (AvgIpc) is 3.35. The summed E-state index contributed by atoms with van der Waals surface area (Å²) in [6.07, 6.45) is -0.842.